The number of aliphatic hydroxyl groups is 1. The van der Waals surface area contributed by atoms with E-state index in [2.05, 4.69) is 0 Å². The fraction of sp³-hybridized carbons (Fsp3) is 0.417. The van der Waals surface area contributed by atoms with Gasteiger partial charge in [0.2, 0.25) is 0 Å². The molecule has 0 spiro atoms. The molecule has 21 heavy (non-hydrogen) atoms. The van der Waals surface area contributed by atoms with Crippen LogP contribution in [0.5, 0.6) is 0 Å². The van der Waals surface area contributed by atoms with E-state index in [-0.39, 0.29) is 0 Å². The van der Waals surface area contributed by atoms with Crippen molar-refractivity contribution in [2.24, 2.45) is 0 Å². The number of hydrogen-bond acceptors (Lipinski definition) is 2. The predicted octanol–water partition coefficient (Wildman–Crippen LogP) is 2.24. The smallest absolute Gasteiger partial charge is 0.379 e. The topological polar surface area (TPSA) is 40.5 Å². The molecule has 3 nitrogen and oxygen atoms in total. The summed E-state index contributed by atoms with van der Waals surface area (Å²) in [5.41, 5.74) is -3.68. The molecule has 1 heterocycles. The number of nitrogens with zero attached hydrogens (tertiary/aromatic N) is 1. The van der Waals surface area contributed by atoms with Crippen molar-refractivity contribution in [3.8, 4) is 0 Å². The fourth-order valence-electron chi connectivity index (χ4n) is 2.06. The van der Waals surface area contributed by atoms with Crippen molar-refractivity contribution in [2.75, 3.05) is 13.1 Å². The molecule has 0 aromatic heterocycles. The van der Waals surface area contributed by atoms with Crippen LogP contribution in [-0.4, -0.2) is 40.8 Å². The fourth-order valence-corrected chi connectivity index (χ4v) is 2.06. The molecule has 1 aliphatic rings. The molecule has 116 valence electrons. The zero-order chi connectivity index (χ0) is 16.0. The molecule has 1 fully saturated rings. The molecule has 1 amide bonds. The molecule has 2 rings (SSSR count). The summed E-state index contributed by atoms with van der Waals surface area (Å²) in [6.07, 6.45) is -5.67. The number of halogens is 6. The van der Waals surface area contributed by atoms with Crippen molar-refractivity contribution in [2.45, 2.75) is 18.2 Å². The molecule has 0 radical (unpaired) electrons. The number of carbonyl (C=O) groups excluding carboxylic acids is 1. The Balaban J connectivity index is 2.23. The summed E-state index contributed by atoms with van der Waals surface area (Å²) in [5, 5.41) is 9.42. The van der Waals surface area contributed by atoms with Crippen LogP contribution >= 0.6 is 0 Å². The van der Waals surface area contributed by atoms with Crippen LogP contribution in [-0.2, 0) is 0 Å². The van der Waals surface area contributed by atoms with Gasteiger partial charge in [-0.25, -0.2) is 13.2 Å². The third kappa shape index (κ3) is 2.69. The van der Waals surface area contributed by atoms with Crippen molar-refractivity contribution in [3.05, 3.63) is 35.1 Å². The first kappa shape index (κ1) is 15.6. The van der Waals surface area contributed by atoms with Gasteiger partial charge < -0.3 is 10.0 Å². The largest absolute Gasteiger partial charge is 0.419 e. The summed E-state index contributed by atoms with van der Waals surface area (Å²) >= 11 is 0. The maximum absolute atomic E-state index is 13.0. The highest BCUT2D eigenvalue weighted by molar-refractivity contribution is 5.94. The zero-order valence-corrected chi connectivity index (χ0v) is 10.3. The lowest BCUT2D eigenvalue weighted by molar-refractivity contribution is -0.253. The molecule has 1 N–H and O–H groups in total. The number of rotatable bonds is 1. The highest BCUT2D eigenvalue weighted by Gasteiger charge is 2.57. The van der Waals surface area contributed by atoms with Crippen molar-refractivity contribution in [3.63, 3.8) is 0 Å². The highest BCUT2D eigenvalue weighted by atomic mass is 19.4. The Morgan fingerprint density at radius 3 is 2.14 bits per heavy atom. The number of likely N-dealkylation sites (tertiary alicyclic amines) is 1. The van der Waals surface area contributed by atoms with Crippen molar-refractivity contribution >= 4 is 5.91 Å². The van der Waals surface area contributed by atoms with Crippen molar-refractivity contribution < 1.29 is 36.2 Å². The summed E-state index contributed by atoms with van der Waals surface area (Å²) in [7, 11) is 0. The molecule has 0 saturated carbocycles. The third-order valence-corrected chi connectivity index (χ3v) is 3.29. The van der Waals surface area contributed by atoms with Gasteiger partial charge in [0.05, 0.1) is 6.54 Å². The van der Waals surface area contributed by atoms with Crippen molar-refractivity contribution in [1.82, 2.24) is 4.90 Å². The number of hydrogen-bond donors (Lipinski definition) is 1. The minimum atomic E-state index is -4.93. The normalized spacial score (nSPS) is 22.7. The average molecular weight is 313 g/mol. The molecule has 0 bridgehead atoms. The monoisotopic (exact) mass is 313 g/mol. The van der Waals surface area contributed by atoms with E-state index in [1.807, 2.05) is 0 Å². The second-order valence-corrected chi connectivity index (χ2v) is 4.76. The van der Waals surface area contributed by atoms with Gasteiger partial charge in [-0.15, -0.1) is 0 Å². The van der Waals surface area contributed by atoms with Crippen LogP contribution in [0.1, 0.15) is 16.8 Å². The lowest BCUT2D eigenvalue weighted by Crippen LogP contribution is -2.48. The van der Waals surface area contributed by atoms with Gasteiger partial charge in [-0.1, -0.05) is 0 Å². The first-order chi connectivity index (χ1) is 9.55. The maximum Gasteiger partial charge on any atom is 0.419 e. The molecule has 1 atom stereocenters. The first-order valence-corrected chi connectivity index (χ1v) is 5.78. The average Bonchev–Trinajstić information content (AvgIpc) is 2.78. The van der Waals surface area contributed by atoms with Gasteiger partial charge in [0.25, 0.3) is 5.91 Å². The molecular formula is C12H9F6NO2. The van der Waals surface area contributed by atoms with E-state index in [0.29, 0.717) is 17.0 Å². The predicted molar refractivity (Wildman–Crippen MR) is 57.8 cm³/mol. The van der Waals surface area contributed by atoms with Crippen LogP contribution < -0.4 is 0 Å². The van der Waals surface area contributed by atoms with E-state index < -0.39 is 60.2 Å². The Hall–Kier alpha value is -1.77. The van der Waals surface area contributed by atoms with E-state index in [4.69, 9.17) is 0 Å². The Labute approximate surface area is 114 Å². The quantitative estimate of drug-likeness (QED) is 0.638. The van der Waals surface area contributed by atoms with Crippen LogP contribution in [0, 0.1) is 17.5 Å². The number of carbonyl (C=O) groups is 1. The standard InChI is InChI=1S/C12H9F6NO2/c13-7-3-6(4-8(14)9(7)15)10(20)19-2-1-11(21,5-19)12(16,17)18/h3-4,21H,1-2,5H2/t11-/m0/s1. The maximum atomic E-state index is 13.0. The number of β-amino-alcohol motifs (C(OH)–C–C–N with tert-alkyl or cyclic N) is 1. The molecule has 1 aromatic rings. The number of benzene rings is 1. The van der Waals surface area contributed by atoms with Crippen LogP contribution in [0.2, 0.25) is 0 Å². The summed E-state index contributed by atoms with van der Waals surface area (Å²) in [5.74, 6) is -6.14. The minimum absolute atomic E-state index is 0.395. The Morgan fingerprint density at radius 1 is 1.19 bits per heavy atom. The molecule has 1 saturated heterocycles. The molecule has 1 aliphatic heterocycles. The minimum Gasteiger partial charge on any atom is -0.379 e. The van der Waals surface area contributed by atoms with Gasteiger partial charge >= 0.3 is 6.18 Å². The Morgan fingerprint density at radius 2 is 1.71 bits per heavy atom. The van der Waals surface area contributed by atoms with E-state index in [0.717, 1.165) is 0 Å². The second kappa shape index (κ2) is 4.90. The lowest BCUT2D eigenvalue weighted by atomic mass is 10.0. The van der Waals surface area contributed by atoms with Gasteiger partial charge in [-0.05, 0) is 12.1 Å². The van der Waals surface area contributed by atoms with Gasteiger partial charge in [-0.2, -0.15) is 13.2 Å². The van der Waals surface area contributed by atoms with Gasteiger partial charge in [0.15, 0.2) is 23.1 Å². The molecular weight excluding hydrogens is 304 g/mol. The number of amides is 1. The Kier molecular flexibility index (Phi) is 3.64. The SMILES string of the molecule is O=C(c1cc(F)c(F)c(F)c1)N1CC[C@@](O)(C(F)(F)F)C1. The summed E-state index contributed by atoms with van der Waals surface area (Å²) in [6.45, 7) is -1.48. The molecule has 0 aliphatic carbocycles. The Bertz CT molecular complexity index is 565. The second-order valence-electron chi connectivity index (χ2n) is 4.76. The van der Waals surface area contributed by atoms with Crippen molar-refractivity contribution in [1.29, 1.82) is 0 Å². The van der Waals surface area contributed by atoms with Crippen LogP contribution in [0.25, 0.3) is 0 Å². The molecule has 1 aromatic carbocycles. The third-order valence-electron chi connectivity index (χ3n) is 3.29. The van der Waals surface area contributed by atoms with E-state index in [9.17, 15) is 36.2 Å². The van der Waals surface area contributed by atoms with E-state index in [1.54, 1.807) is 0 Å². The summed E-state index contributed by atoms with van der Waals surface area (Å²) in [6, 6.07) is 0.789. The highest BCUT2D eigenvalue weighted by Crippen LogP contribution is 2.38. The molecule has 9 heteroatoms. The first-order valence-electron chi connectivity index (χ1n) is 5.78. The van der Waals surface area contributed by atoms with Crippen LogP contribution in [0.15, 0.2) is 12.1 Å². The van der Waals surface area contributed by atoms with Gasteiger partial charge in [0, 0.05) is 18.5 Å². The molecule has 0 unspecified atom stereocenters. The lowest BCUT2D eigenvalue weighted by Gasteiger charge is -2.25. The van der Waals surface area contributed by atoms with E-state index >= 15 is 0 Å². The van der Waals surface area contributed by atoms with Crippen LogP contribution in [0.4, 0.5) is 26.3 Å². The van der Waals surface area contributed by atoms with E-state index in [1.165, 1.54) is 0 Å². The van der Waals surface area contributed by atoms with Crippen LogP contribution in [0.3, 0.4) is 0 Å². The number of alkyl halides is 3. The summed E-state index contributed by atoms with van der Waals surface area (Å²) < 4.78 is 76.6. The van der Waals surface area contributed by atoms with Gasteiger partial charge in [-0.3, -0.25) is 4.79 Å². The zero-order valence-electron chi connectivity index (χ0n) is 10.3. The van der Waals surface area contributed by atoms with Gasteiger partial charge in [0.1, 0.15) is 0 Å². The summed E-state index contributed by atoms with van der Waals surface area (Å²) in [4.78, 5) is 12.5.